The molecular weight excluding hydrogens is 314 g/mol. The Morgan fingerprint density at radius 2 is 2.08 bits per heavy atom. The first-order valence-corrected chi connectivity index (χ1v) is 8.35. The predicted octanol–water partition coefficient (Wildman–Crippen LogP) is 0.244. The van der Waals surface area contributed by atoms with Crippen molar-refractivity contribution < 1.29 is 29.3 Å². The first-order valence-electron chi connectivity index (χ1n) is 8.35. The molecule has 0 aliphatic carbocycles. The molecule has 4 atom stereocenters. The molecule has 2 aliphatic rings. The minimum absolute atomic E-state index is 0.0128. The predicted molar refractivity (Wildman–Crippen MR) is 86.0 cm³/mol. The molecule has 2 aliphatic heterocycles. The summed E-state index contributed by atoms with van der Waals surface area (Å²) in [6, 6.07) is -0.115. The number of esters is 2. The third-order valence-corrected chi connectivity index (χ3v) is 4.98. The Kier molecular flexibility index (Phi) is 5.67. The molecule has 0 amide bonds. The van der Waals surface area contributed by atoms with Crippen molar-refractivity contribution in [3.8, 4) is 0 Å². The standard InChI is InChI=1S/C17H27NO6/c1-10(2)17(22,11(3)24-12(4)19)16(21)23-9-13-5-7-18-8-6-14(20)15(13)18/h5,10-11,14-15,20,22H,6-9H2,1-4H3/t11-,14+,15+,17-/m0/s1. The fraction of sp³-hybridized carbons (Fsp3) is 0.765. The highest BCUT2D eigenvalue weighted by atomic mass is 16.6. The summed E-state index contributed by atoms with van der Waals surface area (Å²) in [7, 11) is 0. The zero-order chi connectivity index (χ0) is 18.1. The first kappa shape index (κ1) is 18.9. The summed E-state index contributed by atoms with van der Waals surface area (Å²) in [5.41, 5.74) is -1.07. The highest BCUT2D eigenvalue weighted by molar-refractivity contribution is 5.81. The van der Waals surface area contributed by atoms with E-state index >= 15 is 0 Å². The molecule has 0 saturated carbocycles. The summed E-state index contributed by atoms with van der Waals surface area (Å²) in [4.78, 5) is 25.8. The van der Waals surface area contributed by atoms with Crippen LogP contribution < -0.4 is 0 Å². The molecule has 0 aromatic heterocycles. The molecule has 24 heavy (non-hydrogen) atoms. The molecule has 2 rings (SSSR count). The largest absolute Gasteiger partial charge is 0.459 e. The van der Waals surface area contributed by atoms with Crippen molar-refractivity contribution in [3.05, 3.63) is 11.6 Å². The SMILES string of the molecule is CC(=O)O[C@@H](C)[C@](O)(C(=O)OCC1=CCN2CC[C@@H](O)[C@@H]12)C(C)C. The Hall–Kier alpha value is -1.44. The second kappa shape index (κ2) is 7.21. The van der Waals surface area contributed by atoms with Crippen LogP contribution >= 0.6 is 0 Å². The van der Waals surface area contributed by atoms with Crippen LogP contribution in [-0.4, -0.2) is 70.6 Å². The van der Waals surface area contributed by atoms with E-state index in [-0.39, 0.29) is 12.6 Å². The van der Waals surface area contributed by atoms with Crippen LogP contribution in [0.15, 0.2) is 11.6 Å². The van der Waals surface area contributed by atoms with Crippen LogP contribution in [0.1, 0.15) is 34.1 Å². The van der Waals surface area contributed by atoms with Crippen molar-refractivity contribution in [3.63, 3.8) is 0 Å². The van der Waals surface area contributed by atoms with Crippen LogP contribution in [-0.2, 0) is 19.1 Å². The van der Waals surface area contributed by atoms with Gasteiger partial charge in [-0.15, -0.1) is 0 Å². The van der Waals surface area contributed by atoms with Crippen LogP contribution in [0.25, 0.3) is 0 Å². The molecule has 7 nitrogen and oxygen atoms in total. The number of aliphatic hydroxyl groups excluding tert-OH is 1. The van der Waals surface area contributed by atoms with Crippen LogP contribution in [0, 0.1) is 5.92 Å². The molecule has 1 fully saturated rings. The maximum atomic E-state index is 12.5. The minimum atomic E-state index is -1.92. The number of ether oxygens (including phenoxy) is 2. The maximum Gasteiger partial charge on any atom is 0.342 e. The summed E-state index contributed by atoms with van der Waals surface area (Å²) in [6.07, 6.45) is 1.18. The van der Waals surface area contributed by atoms with Crippen LogP contribution in [0.5, 0.6) is 0 Å². The summed E-state index contributed by atoms with van der Waals surface area (Å²) < 4.78 is 10.3. The Labute approximate surface area is 142 Å². The average Bonchev–Trinajstić information content (AvgIpc) is 3.06. The number of carbonyl (C=O) groups excluding carboxylic acids is 2. The van der Waals surface area contributed by atoms with Gasteiger partial charge in [-0.2, -0.15) is 0 Å². The Bertz CT molecular complexity index is 531. The second-order valence-electron chi connectivity index (χ2n) is 6.88. The lowest BCUT2D eigenvalue weighted by molar-refractivity contribution is -0.192. The van der Waals surface area contributed by atoms with Crippen molar-refractivity contribution in [2.75, 3.05) is 19.7 Å². The van der Waals surface area contributed by atoms with Crippen molar-refractivity contribution >= 4 is 11.9 Å². The first-order chi connectivity index (χ1) is 11.2. The quantitative estimate of drug-likeness (QED) is 0.528. The van der Waals surface area contributed by atoms with E-state index in [0.717, 1.165) is 18.7 Å². The highest BCUT2D eigenvalue weighted by Gasteiger charge is 2.48. The van der Waals surface area contributed by atoms with Crippen LogP contribution in [0.4, 0.5) is 0 Å². The molecule has 1 saturated heterocycles. The van der Waals surface area contributed by atoms with E-state index in [0.29, 0.717) is 6.42 Å². The molecule has 0 aromatic carbocycles. The molecule has 0 bridgehead atoms. The fourth-order valence-corrected chi connectivity index (χ4v) is 3.50. The van der Waals surface area contributed by atoms with E-state index in [4.69, 9.17) is 9.47 Å². The van der Waals surface area contributed by atoms with E-state index in [1.807, 2.05) is 6.08 Å². The number of hydrogen-bond donors (Lipinski definition) is 2. The Morgan fingerprint density at radius 3 is 2.67 bits per heavy atom. The number of rotatable bonds is 6. The lowest BCUT2D eigenvalue weighted by Gasteiger charge is -2.34. The average molecular weight is 341 g/mol. The Morgan fingerprint density at radius 1 is 1.42 bits per heavy atom. The number of carbonyl (C=O) groups is 2. The maximum absolute atomic E-state index is 12.5. The lowest BCUT2D eigenvalue weighted by Crippen LogP contribution is -2.55. The summed E-state index contributed by atoms with van der Waals surface area (Å²) in [6.45, 7) is 7.59. The van der Waals surface area contributed by atoms with Gasteiger partial charge in [-0.25, -0.2) is 4.79 Å². The second-order valence-corrected chi connectivity index (χ2v) is 6.88. The summed E-state index contributed by atoms with van der Waals surface area (Å²) >= 11 is 0. The summed E-state index contributed by atoms with van der Waals surface area (Å²) in [5, 5.41) is 20.8. The van der Waals surface area contributed by atoms with Gasteiger partial charge in [-0.3, -0.25) is 9.69 Å². The number of aliphatic hydroxyl groups is 2. The molecule has 2 heterocycles. The number of nitrogens with zero attached hydrogens (tertiary/aromatic N) is 1. The third kappa shape index (κ3) is 3.48. The topological polar surface area (TPSA) is 96.3 Å². The van der Waals surface area contributed by atoms with Gasteiger partial charge in [0.05, 0.1) is 12.1 Å². The molecule has 0 unspecified atom stereocenters. The van der Waals surface area contributed by atoms with Crippen molar-refractivity contribution in [1.82, 2.24) is 4.90 Å². The third-order valence-electron chi connectivity index (χ3n) is 4.98. The molecule has 136 valence electrons. The lowest BCUT2D eigenvalue weighted by atomic mass is 9.85. The van der Waals surface area contributed by atoms with Gasteiger partial charge in [0, 0.05) is 20.0 Å². The molecule has 0 aromatic rings. The monoisotopic (exact) mass is 341 g/mol. The highest BCUT2D eigenvalue weighted by Crippen LogP contribution is 2.30. The van der Waals surface area contributed by atoms with Gasteiger partial charge in [0.25, 0.3) is 0 Å². The molecular formula is C17H27NO6. The van der Waals surface area contributed by atoms with E-state index < -0.39 is 35.7 Å². The van der Waals surface area contributed by atoms with E-state index in [1.54, 1.807) is 13.8 Å². The minimum Gasteiger partial charge on any atom is -0.459 e. The molecule has 7 heteroatoms. The van der Waals surface area contributed by atoms with Gasteiger partial charge >= 0.3 is 11.9 Å². The number of hydrogen-bond acceptors (Lipinski definition) is 7. The van der Waals surface area contributed by atoms with Gasteiger partial charge in [-0.05, 0) is 24.8 Å². The molecule has 0 radical (unpaired) electrons. The van der Waals surface area contributed by atoms with Crippen molar-refractivity contribution in [2.45, 2.75) is 58.0 Å². The molecule has 0 spiro atoms. The smallest absolute Gasteiger partial charge is 0.342 e. The molecule has 2 N–H and O–H groups in total. The van der Waals surface area contributed by atoms with Gasteiger partial charge in [0.15, 0.2) is 0 Å². The summed E-state index contributed by atoms with van der Waals surface area (Å²) in [5.74, 6) is -1.89. The van der Waals surface area contributed by atoms with Crippen molar-refractivity contribution in [2.24, 2.45) is 5.92 Å². The van der Waals surface area contributed by atoms with E-state index in [9.17, 15) is 19.8 Å². The normalized spacial score (nSPS) is 27.4. The van der Waals surface area contributed by atoms with Crippen molar-refractivity contribution in [1.29, 1.82) is 0 Å². The Balaban J connectivity index is 2.02. The van der Waals surface area contributed by atoms with Gasteiger partial charge in [0.1, 0.15) is 12.7 Å². The van der Waals surface area contributed by atoms with Gasteiger partial charge < -0.3 is 19.7 Å². The van der Waals surface area contributed by atoms with Crippen LogP contribution in [0.2, 0.25) is 0 Å². The van der Waals surface area contributed by atoms with Crippen LogP contribution in [0.3, 0.4) is 0 Å². The number of fused-ring (bicyclic) bond motifs is 1. The zero-order valence-corrected chi connectivity index (χ0v) is 14.7. The fourth-order valence-electron chi connectivity index (χ4n) is 3.50. The van der Waals surface area contributed by atoms with Gasteiger partial charge in [0.2, 0.25) is 5.60 Å². The van der Waals surface area contributed by atoms with E-state index in [1.165, 1.54) is 13.8 Å². The van der Waals surface area contributed by atoms with Gasteiger partial charge in [-0.1, -0.05) is 19.9 Å². The zero-order valence-electron chi connectivity index (χ0n) is 14.7. The van der Waals surface area contributed by atoms with E-state index in [2.05, 4.69) is 4.90 Å².